The molecule has 8 nitrogen and oxygen atoms in total. The summed E-state index contributed by atoms with van der Waals surface area (Å²) in [5.41, 5.74) is 3.09. The fraction of sp³-hybridized carbons (Fsp3) is 0.267. The van der Waals surface area contributed by atoms with Gasteiger partial charge in [-0.05, 0) is 68.5 Å². The Morgan fingerprint density at radius 3 is 2.42 bits per heavy atom. The highest BCUT2D eigenvalue weighted by molar-refractivity contribution is 6.46. The van der Waals surface area contributed by atoms with Gasteiger partial charge in [-0.1, -0.05) is 35.9 Å². The Hall–Kier alpha value is -4.30. The van der Waals surface area contributed by atoms with Gasteiger partial charge in [-0.2, -0.15) is 0 Å². The van der Waals surface area contributed by atoms with Crippen LogP contribution in [0.15, 0.2) is 72.3 Å². The van der Waals surface area contributed by atoms with Crippen LogP contribution in [-0.2, 0) is 16.2 Å². The number of carbonyl (C=O) groups is 2. The van der Waals surface area contributed by atoms with Crippen molar-refractivity contribution in [2.24, 2.45) is 0 Å². The number of likely N-dealkylation sites (tertiary alicyclic amines) is 1. The van der Waals surface area contributed by atoms with Crippen LogP contribution < -0.4 is 9.47 Å². The number of phenols is 1. The van der Waals surface area contributed by atoms with Crippen LogP contribution in [0.5, 0.6) is 17.2 Å². The molecule has 1 heterocycles. The Bertz CT molecular complexity index is 1360. The molecule has 1 amide bonds. The van der Waals surface area contributed by atoms with Crippen molar-refractivity contribution < 1.29 is 29.3 Å². The number of amides is 1. The van der Waals surface area contributed by atoms with Crippen LogP contribution in [0.2, 0.25) is 0 Å². The molecule has 0 bridgehead atoms. The summed E-state index contributed by atoms with van der Waals surface area (Å²) in [6.07, 6.45) is 0. The Labute approximate surface area is 222 Å². The Morgan fingerprint density at radius 1 is 1.03 bits per heavy atom. The number of likely N-dealkylation sites (N-methyl/N-ethyl adjacent to an activating group) is 1. The van der Waals surface area contributed by atoms with Crippen molar-refractivity contribution in [2.45, 2.75) is 19.6 Å². The van der Waals surface area contributed by atoms with Gasteiger partial charge < -0.3 is 29.5 Å². The number of aromatic hydroxyl groups is 1. The molecule has 198 valence electrons. The molecule has 3 aromatic rings. The van der Waals surface area contributed by atoms with E-state index in [1.807, 2.05) is 50.2 Å². The molecule has 1 atom stereocenters. The van der Waals surface area contributed by atoms with Crippen LogP contribution >= 0.6 is 0 Å². The first-order valence-corrected chi connectivity index (χ1v) is 12.3. The lowest BCUT2D eigenvalue weighted by Crippen LogP contribution is -2.35. The molecule has 2 N–H and O–H groups in total. The Kier molecular flexibility index (Phi) is 8.02. The number of phenolic OH excluding ortho intramolecular Hbond substituents is 1. The van der Waals surface area contributed by atoms with E-state index < -0.39 is 17.7 Å². The number of carbonyl (C=O) groups excluding carboxylic acids is 2. The molecule has 1 saturated heterocycles. The van der Waals surface area contributed by atoms with Crippen molar-refractivity contribution in [1.29, 1.82) is 0 Å². The minimum Gasteiger partial charge on any atom is -0.507 e. The van der Waals surface area contributed by atoms with E-state index in [0.29, 0.717) is 30.0 Å². The van der Waals surface area contributed by atoms with Crippen LogP contribution in [-0.4, -0.2) is 66.0 Å². The zero-order chi connectivity index (χ0) is 27.4. The zero-order valence-electron chi connectivity index (χ0n) is 22.0. The molecule has 8 heteroatoms. The molecule has 38 heavy (non-hydrogen) atoms. The maximum absolute atomic E-state index is 13.2. The van der Waals surface area contributed by atoms with Gasteiger partial charge in [-0.25, -0.2) is 0 Å². The fourth-order valence-corrected chi connectivity index (χ4v) is 4.46. The van der Waals surface area contributed by atoms with Gasteiger partial charge in [-0.3, -0.25) is 9.59 Å². The number of aliphatic hydroxyl groups excluding tert-OH is 1. The molecule has 4 rings (SSSR count). The summed E-state index contributed by atoms with van der Waals surface area (Å²) in [6.45, 7) is 3.21. The number of hydrogen-bond donors (Lipinski definition) is 2. The number of ether oxygens (including phenoxy) is 2. The third-order valence-corrected chi connectivity index (χ3v) is 6.46. The summed E-state index contributed by atoms with van der Waals surface area (Å²) in [4.78, 5) is 29.6. The molecule has 0 spiro atoms. The van der Waals surface area contributed by atoms with E-state index in [2.05, 4.69) is 0 Å². The molecule has 0 aromatic heterocycles. The lowest BCUT2D eigenvalue weighted by atomic mass is 9.95. The third kappa shape index (κ3) is 5.65. The topological polar surface area (TPSA) is 99.5 Å². The minimum atomic E-state index is -0.846. The molecule has 1 aliphatic rings. The van der Waals surface area contributed by atoms with E-state index in [-0.39, 0.29) is 29.4 Å². The molecule has 1 fully saturated rings. The highest BCUT2D eigenvalue weighted by Crippen LogP contribution is 2.41. The van der Waals surface area contributed by atoms with Gasteiger partial charge >= 0.3 is 0 Å². The zero-order valence-corrected chi connectivity index (χ0v) is 22.0. The quantitative estimate of drug-likeness (QED) is 0.249. The van der Waals surface area contributed by atoms with Gasteiger partial charge in [0.2, 0.25) is 0 Å². The normalized spacial score (nSPS) is 16.8. The lowest BCUT2D eigenvalue weighted by molar-refractivity contribution is -0.140. The second kappa shape index (κ2) is 11.4. The van der Waals surface area contributed by atoms with Gasteiger partial charge in [0.1, 0.15) is 18.1 Å². The number of aryl methyl sites for hydroxylation is 1. The monoisotopic (exact) mass is 516 g/mol. The molecule has 1 aliphatic heterocycles. The molecule has 3 aromatic carbocycles. The van der Waals surface area contributed by atoms with Crippen LogP contribution in [0.25, 0.3) is 5.76 Å². The number of rotatable bonds is 9. The highest BCUT2D eigenvalue weighted by Gasteiger charge is 2.46. The highest BCUT2D eigenvalue weighted by atomic mass is 16.5. The van der Waals surface area contributed by atoms with Crippen molar-refractivity contribution >= 4 is 17.4 Å². The number of ketones is 1. The smallest absolute Gasteiger partial charge is 0.295 e. The van der Waals surface area contributed by atoms with E-state index >= 15 is 0 Å². The first-order chi connectivity index (χ1) is 18.2. The summed E-state index contributed by atoms with van der Waals surface area (Å²) in [6, 6.07) is 18.6. The fourth-order valence-electron chi connectivity index (χ4n) is 4.46. The average Bonchev–Trinajstić information content (AvgIpc) is 3.16. The number of hydrogen-bond acceptors (Lipinski definition) is 7. The van der Waals surface area contributed by atoms with E-state index in [9.17, 15) is 19.8 Å². The minimum absolute atomic E-state index is 0.0186. The second-order valence-corrected chi connectivity index (χ2v) is 9.53. The third-order valence-electron chi connectivity index (χ3n) is 6.46. The van der Waals surface area contributed by atoms with Crippen molar-refractivity contribution in [1.82, 2.24) is 9.80 Å². The van der Waals surface area contributed by atoms with Gasteiger partial charge in [-0.15, -0.1) is 0 Å². The lowest BCUT2D eigenvalue weighted by Gasteiger charge is -2.27. The maximum atomic E-state index is 13.2. The first-order valence-electron chi connectivity index (χ1n) is 12.3. The van der Waals surface area contributed by atoms with Crippen molar-refractivity contribution in [3.63, 3.8) is 0 Å². The molecule has 0 radical (unpaired) electrons. The molecule has 0 aliphatic carbocycles. The van der Waals surface area contributed by atoms with Gasteiger partial charge in [0.25, 0.3) is 11.7 Å². The summed E-state index contributed by atoms with van der Waals surface area (Å²) >= 11 is 0. The summed E-state index contributed by atoms with van der Waals surface area (Å²) < 4.78 is 11.1. The van der Waals surface area contributed by atoms with Crippen LogP contribution in [0.3, 0.4) is 0 Å². The summed E-state index contributed by atoms with van der Waals surface area (Å²) in [5.74, 6) is -0.993. The molecular formula is C30H32N2O6. The van der Waals surface area contributed by atoms with Crippen molar-refractivity contribution in [3.8, 4) is 17.2 Å². The van der Waals surface area contributed by atoms with Gasteiger partial charge in [0.15, 0.2) is 11.5 Å². The Morgan fingerprint density at radius 2 is 1.76 bits per heavy atom. The predicted molar refractivity (Wildman–Crippen MR) is 144 cm³/mol. The largest absolute Gasteiger partial charge is 0.507 e. The number of nitrogens with zero attached hydrogens (tertiary/aromatic N) is 2. The maximum Gasteiger partial charge on any atom is 0.295 e. The van der Waals surface area contributed by atoms with Crippen molar-refractivity contribution in [3.05, 3.63) is 94.6 Å². The molecule has 0 saturated carbocycles. The van der Waals surface area contributed by atoms with Gasteiger partial charge in [0.05, 0.1) is 18.7 Å². The molecule has 1 unspecified atom stereocenters. The predicted octanol–water partition coefficient (Wildman–Crippen LogP) is 4.27. The number of Topliss-reactive ketones (excluding diaryl/α,β-unsaturated/α-hetero) is 1. The average molecular weight is 517 g/mol. The number of aliphatic hydroxyl groups is 1. The van der Waals surface area contributed by atoms with E-state index in [1.54, 1.807) is 36.4 Å². The molecular weight excluding hydrogens is 484 g/mol. The Balaban J connectivity index is 1.68. The van der Waals surface area contributed by atoms with E-state index in [4.69, 9.17) is 9.47 Å². The standard InChI is InChI=1S/C30H32N2O6/c1-19-6-5-7-20(16-19)18-38-23-11-8-21(9-12-23)28(34)26-27(22-10-13-24(33)25(17-22)37-4)32(15-14-31(2)3)30(36)29(26)35/h5-13,16-17,27,33-34H,14-15,18H2,1-4H3. The number of benzene rings is 3. The summed E-state index contributed by atoms with van der Waals surface area (Å²) in [7, 11) is 5.17. The van der Waals surface area contributed by atoms with Crippen LogP contribution in [0, 0.1) is 6.92 Å². The van der Waals surface area contributed by atoms with Crippen LogP contribution in [0.1, 0.15) is 28.3 Å². The first kappa shape index (κ1) is 26.8. The van der Waals surface area contributed by atoms with E-state index in [0.717, 1.165) is 11.1 Å². The van der Waals surface area contributed by atoms with Gasteiger partial charge in [0, 0.05) is 18.7 Å². The summed E-state index contributed by atoms with van der Waals surface area (Å²) in [5, 5.41) is 21.4. The second-order valence-electron chi connectivity index (χ2n) is 9.53. The van der Waals surface area contributed by atoms with Crippen LogP contribution in [0.4, 0.5) is 0 Å². The van der Waals surface area contributed by atoms with Crippen molar-refractivity contribution in [2.75, 3.05) is 34.3 Å². The van der Waals surface area contributed by atoms with E-state index in [1.165, 1.54) is 18.1 Å². The SMILES string of the molecule is COc1cc(C2C(=C(O)c3ccc(OCc4cccc(C)c4)cc3)C(=O)C(=O)N2CCN(C)C)ccc1O. The number of methoxy groups -OCH3 is 1.